The highest BCUT2D eigenvalue weighted by Gasteiger charge is 2.29. The molecule has 2 aliphatic rings. The SMILES string of the molecule is CN=C(NCc1ccc(C)cc1OC1CCOC1)NCC(C)N(C)C1CC1.I. The maximum Gasteiger partial charge on any atom is 0.191 e. The number of aryl methyl sites for hydroxylation is 1. The molecular weight excluding hydrogens is 467 g/mol. The molecule has 3 rings (SSSR count). The van der Waals surface area contributed by atoms with Crippen molar-refractivity contribution < 1.29 is 9.47 Å². The van der Waals surface area contributed by atoms with Gasteiger partial charge in [0.15, 0.2) is 5.96 Å². The van der Waals surface area contributed by atoms with Crippen LogP contribution in [0.25, 0.3) is 0 Å². The van der Waals surface area contributed by atoms with Crippen molar-refractivity contribution in [1.82, 2.24) is 15.5 Å². The molecule has 0 radical (unpaired) electrons. The Bertz CT molecular complexity index is 645. The first-order chi connectivity index (χ1) is 13.1. The van der Waals surface area contributed by atoms with E-state index in [9.17, 15) is 0 Å². The van der Waals surface area contributed by atoms with Gasteiger partial charge in [-0.2, -0.15) is 0 Å². The van der Waals surface area contributed by atoms with Gasteiger partial charge in [0.05, 0.1) is 13.2 Å². The molecule has 1 aromatic rings. The highest BCUT2D eigenvalue weighted by Crippen LogP contribution is 2.26. The second-order valence-corrected chi connectivity index (χ2v) is 7.77. The van der Waals surface area contributed by atoms with Gasteiger partial charge in [-0.15, -0.1) is 24.0 Å². The van der Waals surface area contributed by atoms with Crippen LogP contribution in [0.2, 0.25) is 0 Å². The van der Waals surface area contributed by atoms with Gasteiger partial charge in [-0.3, -0.25) is 9.89 Å². The Kier molecular flexibility index (Phi) is 9.30. The summed E-state index contributed by atoms with van der Waals surface area (Å²) < 4.78 is 11.6. The molecular formula is C21H35IN4O2. The van der Waals surface area contributed by atoms with E-state index in [4.69, 9.17) is 9.47 Å². The zero-order valence-corrected chi connectivity index (χ0v) is 19.9. The quantitative estimate of drug-likeness (QED) is 0.325. The summed E-state index contributed by atoms with van der Waals surface area (Å²) in [6.45, 7) is 7.37. The third-order valence-electron chi connectivity index (χ3n) is 5.46. The Morgan fingerprint density at radius 2 is 2.11 bits per heavy atom. The highest BCUT2D eigenvalue weighted by atomic mass is 127. The molecule has 0 bridgehead atoms. The summed E-state index contributed by atoms with van der Waals surface area (Å²) in [7, 11) is 4.02. The molecule has 2 atom stereocenters. The van der Waals surface area contributed by atoms with Crippen LogP contribution in [0.5, 0.6) is 5.75 Å². The number of aliphatic imine (C=N–C) groups is 1. The van der Waals surface area contributed by atoms with Crippen molar-refractivity contribution in [3.05, 3.63) is 29.3 Å². The molecule has 1 saturated heterocycles. The zero-order chi connectivity index (χ0) is 19.2. The smallest absolute Gasteiger partial charge is 0.191 e. The molecule has 0 spiro atoms. The normalized spacial score (nSPS) is 20.6. The maximum absolute atomic E-state index is 6.18. The van der Waals surface area contributed by atoms with E-state index in [0.717, 1.165) is 42.9 Å². The predicted octanol–water partition coefficient (Wildman–Crippen LogP) is 2.93. The van der Waals surface area contributed by atoms with Crippen LogP contribution in [0.4, 0.5) is 0 Å². The lowest BCUT2D eigenvalue weighted by Gasteiger charge is -2.25. The Morgan fingerprint density at radius 3 is 2.75 bits per heavy atom. The number of halogens is 1. The molecule has 1 aliphatic heterocycles. The number of hydrogen-bond donors (Lipinski definition) is 2. The molecule has 0 aromatic heterocycles. The van der Waals surface area contributed by atoms with Crippen LogP contribution in [-0.4, -0.2) is 62.9 Å². The van der Waals surface area contributed by atoms with Crippen LogP contribution < -0.4 is 15.4 Å². The number of nitrogens with zero attached hydrogens (tertiary/aromatic N) is 2. The average Bonchev–Trinajstić information content (AvgIpc) is 3.39. The number of rotatable bonds is 8. The van der Waals surface area contributed by atoms with Crippen LogP contribution in [0, 0.1) is 6.92 Å². The molecule has 28 heavy (non-hydrogen) atoms. The molecule has 6 nitrogen and oxygen atoms in total. The maximum atomic E-state index is 6.18. The van der Waals surface area contributed by atoms with Crippen molar-refractivity contribution in [2.24, 2.45) is 4.99 Å². The summed E-state index contributed by atoms with van der Waals surface area (Å²) in [6.07, 6.45) is 3.77. The molecule has 1 aliphatic carbocycles. The molecule has 158 valence electrons. The largest absolute Gasteiger partial charge is 0.488 e. The monoisotopic (exact) mass is 502 g/mol. The first-order valence-electron chi connectivity index (χ1n) is 10.1. The van der Waals surface area contributed by atoms with Crippen molar-refractivity contribution in [3.63, 3.8) is 0 Å². The summed E-state index contributed by atoms with van der Waals surface area (Å²) >= 11 is 0. The predicted molar refractivity (Wildman–Crippen MR) is 125 cm³/mol. The van der Waals surface area contributed by atoms with Crippen LogP contribution in [0.15, 0.2) is 23.2 Å². The van der Waals surface area contributed by atoms with Crippen LogP contribution in [0.3, 0.4) is 0 Å². The van der Waals surface area contributed by atoms with Gasteiger partial charge in [0.1, 0.15) is 11.9 Å². The number of guanidine groups is 1. The zero-order valence-electron chi connectivity index (χ0n) is 17.5. The van der Waals surface area contributed by atoms with E-state index in [-0.39, 0.29) is 30.1 Å². The summed E-state index contributed by atoms with van der Waals surface area (Å²) in [4.78, 5) is 6.81. The standard InChI is InChI=1S/C21H34N4O2.HI/c1-15-5-6-17(20(11-15)27-19-9-10-26-14-19)13-24-21(22-3)23-12-16(2)25(4)18-7-8-18;/h5-6,11,16,18-19H,7-10,12-14H2,1-4H3,(H2,22,23,24);1H. The van der Waals surface area contributed by atoms with Crippen LogP contribution in [-0.2, 0) is 11.3 Å². The van der Waals surface area contributed by atoms with Gasteiger partial charge in [0.25, 0.3) is 0 Å². The van der Waals surface area contributed by atoms with E-state index in [0.29, 0.717) is 19.2 Å². The number of ether oxygens (including phenoxy) is 2. The first-order valence-corrected chi connectivity index (χ1v) is 10.1. The highest BCUT2D eigenvalue weighted by molar-refractivity contribution is 14.0. The molecule has 1 saturated carbocycles. The van der Waals surface area contributed by atoms with Gasteiger partial charge in [-0.25, -0.2) is 0 Å². The lowest BCUT2D eigenvalue weighted by molar-refractivity contribution is 0.140. The fraction of sp³-hybridized carbons (Fsp3) is 0.667. The minimum atomic E-state index is 0. The van der Waals surface area contributed by atoms with Gasteiger partial charge >= 0.3 is 0 Å². The first kappa shape index (κ1) is 23.2. The Hall–Kier alpha value is -1.06. The number of nitrogens with one attached hydrogen (secondary N) is 2. The fourth-order valence-corrected chi connectivity index (χ4v) is 3.33. The summed E-state index contributed by atoms with van der Waals surface area (Å²) in [5, 5.41) is 6.86. The number of hydrogen-bond acceptors (Lipinski definition) is 4. The number of likely N-dealkylation sites (N-methyl/N-ethyl adjacent to an activating group) is 1. The second-order valence-electron chi connectivity index (χ2n) is 7.77. The second kappa shape index (κ2) is 11.2. The Labute approximate surface area is 186 Å². The molecule has 0 amide bonds. The van der Waals surface area contributed by atoms with E-state index >= 15 is 0 Å². The van der Waals surface area contributed by atoms with Crippen LogP contribution >= 0.6 is 24.0 Å². The summed E-state index contributed by atoms with van der Waals surface area (Å²) in [6, 6.07) is 7.61. The van der Waals surface area contributed by atoms with Crippen molar-refractivity contribution in [1.29, 1.82) is 0 Å². The Morgan fingerprint density at radius 1 is 1.32 bits per heavy atom. The van der Waals surface area contributed by atoms with E-state index in [1.165, 1.54) is 18.4 Å². The molecule has 1 heterocycles. The van der Waals surface area contributed by atoms with E-state index in [1.54, 1.807) is 0 Å². The van der Waals surface area contributed by atoms with Crippen molar-refractivity contribution in [3.8, 4) is 5.75 Å². The third-order valence-corrected chi connectivity index (χ3v) is 5.46. The minimum absolute atomic E-state index is 0. The van der Waals surface area contributed by atoms with Crippen LogP contribution in [0.1, 0.15) is 37.3 Å². The van der Waals surface area contributed by atoms with Crippen molar-refractivity contribution >= 4 is 29.9 Å². The lowest BCUT2D eigenvalue weighted by atomic mass is 10.1. The lowest BCUT2D eigenvalue weighted by Crippen LogP contribution is -2.45. The molecule has 2 fully saturated rings. The van der Waals surface area contributed by atoms with Crippen molar-refractivity contribution in [2.45, 2.75) is 57.8 Å². The molecule has 1 aromatic carbocycles. The van der Waals surface area contributed by atoms with Gasteiger partial charge in [-0.1, -0.05) is 12.1 Å². The Balaban J connectivity index is 0.00000280. The van der Waals surface area contributed by atoms with E-state index in [2.05, 4.69) is 59.6 Å². The van der Waals surface area contributed by atoms with E-state index < -0.39 is 0 Å². The molecule has 2 unspecified atom stereocenters. The topological polar surface area (TPSA) is 58.1 Å². The number of benzene rings is 1. The minimum Gasteiger partial charge on any atom is -0.488 e. The van der Waals surface area contributed by atoms with Gasteiger partial charge in [-0.05, 0) is 45.4 Å². The third kappa shape index (κ3) is 6.77. The summed E-state index contributed by atoms with van der Waals surface area (Å²) in [5.74, 6) is 1.76. The van der Waals surface area contributed by atoms with Gasteiger partial charge in [0.2, 0.25) is 0 Å². The fourth-order valence-electron chi connectivity index (χ4n) is 3.33. The van der Waals surface area contributed by atoms with Gasteiger partial charge in [0, 0.05) is 44.2 Å². The molecule has 7 heteroatoms. The van der Waals surface area contributed by atoms with Crippen molar-refractivity contribution in [2.75, 3.05) is 33.9 Å². The average molecular weight is 502 g/mol. The molecule has 2 N–H and O–H groups in total. The van der Waals surface area contributed by atoms with Gasteiger partial charge < -0.3 is 20.1 Å². The van der Waals surface area contributed by atoms with E-state index in [1.807, 2.05) is 7.05 Å². The summed E-state index contributed by atoms with van der Waals surface area (Å²) in [5.41, 5.74) is 2.34.